The number of hydrogen-bond donors (Lipinski definition) is 3. The highest BCUT2D eigenvalue weighted by Crippen LogP contribution is 2.34. The van der Waals surface area contributed by atoms with Gasteiger partial charge in [-0.2, -0.15) is 4.57 Å². The van der Waals surface area contributed by atoms with Gasteiger partial charge in [0.2, 0.25) is 11.6 Å². The number of benzene rings is 1. The number of pyridine rings is 1. The van der Waals surface area contributed by atoms with Crippen molar-refractivity contribution >= 4 is 45.3 Å². The smallest absolute Gasteiger partial charge is 0.224 e. The van der Waals surface area contributed by atoms with E-state index in [-0.39, 0.29) is 25.0 Å². The Hall–Kier alpha value is -2.00. The van der Waals surface area contributed by atoms with Gasteiger partial charge in [-0.3, -0.25) is 4.79 Å². The molecule has 1 aliphatic heterocycles. The molecule has 0 unspecified atom stereocenters. The molecule has 1 fully saturated rings. The summed E-state index contributed by atoms with van der Waals surface area (Å²) >= 11 is 0. The number of aliphatic hydroxyl groups is 2. The quantitative estimate of drug-likeness (QED) is 0.249. The van der Waals surface area contributed by atoms with E-state index >= 15 is 0 Å². The van der Waals surface area contributed by atoms with Crippen LogP contribution in [0, 0.1) is 5.92 Å². The maximum absolute atomic E-state index is 12.1. The standard InChI is InChI=1S/C24H31N3O3S2/c28-16-14-27(15-17-29)23-9-6-20(7-10-23)5-8-22-4-1-2-12-26(22)13-3-11-25-24(30)21-18-31-32-19-21/h1-2,4-10,12,21,28-29H,3,11,13-19H2/p+1. The lowest BCUT2D eigenvalue weighted by molar-refractivity contribution is -0.698. The molecular formula is C24H32N3O3S2+. The van der Waals surface area contributed by atoms with Crippen LogP contribution >= 0.6 is 21.6 Å². The summed E-state index contributed by atoms with van der Waals surface area (Å²) in [5.41, 5.74) is 3.17. The van der Waals surface area contributed by atoms with Gasteiger partial charge < -0.3 is 20.4 Å². The number of amides is 1. The van der Waals surface area contributed by atoms with Crippen molar-refractivity contribution in [1.82, 2.24) is 5.32 Å². The highest BCUT2D eigenvalue weighted by molar-refractivity contribution is 8.77. The first-order chi connectivity index (χ1) is 15.7. The molecular weight excluding hydrogens is 442 g/mol. The van der Waals surface area contributed by atoms with Crippen LogP contribution in [0.25, 0.3) is 12.2 Å². The molecule has 0 atom stereocenters. The first-order valence-corrected chi connectivity index (χ1v) is 13.5. The Morgan fingerprint density at radius 3 is 2.47 bits per heavy atom. The fraction of sp³-hybridized carbons (Fsp3) is 0.417. The molecule has 1 aromatic carbocycles. The normalized spacial score (nSPS) is 14.2. The predicted octanol–water partition coefficient (Wildman–Crippen LogP) is 2.45. The number of carbonyl (C=O) groups is 1. The van der Waals surface area contributed by atoms with Crippen LogP contribution in [0.4, 0.5) is 5.69 Å². The zero-order valence-corrected chi connectivity index (χ0v) is 19.9. The van der Waals surface area contributed by atoms with E-state index < -0.39 is 0 Å². The first kappa shape index (κ1) is 24.6. The molecule has 3 N–H and O–H groups in total. The van der Waals surface area contributed by atoms with Crippen LogP contribution in [0.15, 0.2) is 48.7 Å². The molecule has 0 saturated carbocycles. The minimum atomic E-state index is 0.0536. The van der Waals surface area contributed by atoms with Gasteiger partial charge in [-0.25, -0.2) is 0 Å². The molecule has 2 heterocycles. The number of aliphatic hydroxyl groups excluding tert-OH is 2. The summed E-state index contributed by atoms with van der Waals surface area (Å²) in [7, 11) is 3.56. The average Bonchev–Trinajstić information content (AvgIpc) is 3.36. The van der Waals surface area contributed by atoms with E-state index in [0.29, 0.717) is 19.6 Å². The summed E-state index contributed by atoms with van der Waals surface area (Å²) in [6.07, 6.45) is 7.13. The predicted molar refractivity (Wildman–Crippen MR) is 134 cm³/mol. The molecule has 1 amide bonds. The Kier molecular flexibility index (Phi) is 10.4. The number of carbonyl (C=O) groups excluding carboxylic acids is 1. The van der Waals surface area contributed by atoms with Crippen LogP contribution in [-0.2, 0) is 11.3 Å². The van der Waals surface area contributed by atoms with E-state index in [9.17, 15) is 15.0 Å². The second-order valence-corrected chi connectivity index (χ2v) is 10.1. The molecule has 172 valence electrons. The highest BCUT2D eigenvalue weighted by atomic mass is 33.1. The number of aromatic nitrogens is 1. The fourth-order valence-corrected chi connectivity index (χ4v) is 6.27. The van der Waals surface area contributed by atoms with Crippen LogP contribution in [0.1, 0.15) is 17.7 Å². The Bertz CT molecular complexity index is 865. The molecule has 1 aromatic heterocycles. The lowest BCUT2D eigenvalue weighted by Gasteiger charge is -2.22. The zero-order chi connectivity index (χ0) is 22.6. The number of aryl methyl sites for hydroxylation is 1. The molecule has 0 bridgehead atoms. The van der Waals surface area contributed by atoms with Crippen molar-refractivity contribution in [2.75, 3.05) is 49.3 Å². The lowest BCUT2D eigenvalue weighted by Crippen LogP contribution is -2.39. The van der Waals surface area contributed by atoms with Crippen LogP contribution in [0.2, 0.25) is 0 Å². The lowest BCUT2D eigenvalue weighted by atomic mass is 10.1. The maximum atomic E-state index is 12.1. The molecule has 0 spiro atoms. The summed E-state index contributed by atoms with van der Waals surface area (Å²) in [4.78, 5) is 14.1. The molecule has 8 heteroatoms. The van der Waals surface area contributed by atoms with Gasteiger partial charge in [0, 0.05) is 61.5 Å². The van der Waals surface area contributed by atoms with Crippen molar-refractivity contribution in [3.8, 4) is 0 Å². The Morgan fingerprint density at radius 1 is 1.06 bits per heavy atom. The highest BCUT2D eigenvalue weighted by Gasteiger charge is 2.23. The monoisotopic (exact) mass is 474 g/mol. The van der Waals surface area contributed by atoms with Gasteiger partial charge in [-0.05, 0) is 29.8 Å². The Balaban J connectivity index is 1.54. The van der Waals surface area contributed by atoms with E-state index in [0.717, 1.165) is 41.4 Å². The van der Waals surface area contributed by atoms with Gasteiger partial charge >= 0.3 is 0 Å². The summed E-state index contributed by atoms with van der Waals surface area (Å²) in [6, 6.07) is 14.2. The zero-order valence-electron chi connectivity index (χ0n) is 18.2. The van der Waals surface area contributed by atoms with Crippen molar-refractivity contribution in [2.45, 2.75) is 13.0 Å². The average molecular weight is 475 g/mol. The SMILES string of the molecule is O=C(NCCC[n+]1ccccc1C=Cc1ccc(N(CCO)CCO)cc1)C1CSSC1. The minimum Gasteiger partial charge on any atom is -0.395 e. The Labute approximate surface area is 198 Å². The minimum absolute atomic E-state index is 0.0536. The molecule has 32 heavy (non-hydrogen) atoms. The van der Waals surface area contributed by atoms with Gasteiger partial charge in [0.25, 0.3) is 0 Å². The largest absolute Gasteiger partial charge is 0.395 e. The molecule has 1 saturated heterocycles. The first-order valence-electron chi connectivity index (χ1n) is 11.0. The van der Waals surface area contributed by atoms with Gasteiger partial charge in [0.1, 0.15) is 0 Å². The third-order valence-corrected chi connectivity index (χ3v) is 7.85. The molecule has 1 aliphatic rings. The van der Waals surface area contributed by atoms with E-state index in [2.05, 4.69) is 34.3 Å². The summed E-state index contributed by atoms with van der Waals surface area (Å²) in [6.45, 7) is 2.63. The number of nitrogens with one attached hydrogen (secondary N) is 1. The molecule has 6 nitrogen and oxygen atoms in total. The number of anilines is 1. The number of rotatable bonds is 12. The number of nitrogens with zero attached hydrogens (tertiary/aromatic N) is 2. The van der Waals surface area contributed by atoms with Gasteiger partial charge in [0.05, 0.1) is 19.1 Å². The van der Waals surface area contributed by atoms with Gasteiger partial charge in [-0.15, -0.1) is 0 Å². The third kappa shape index (κ3) is 7.55. The van der Waals surface area contributed by atoms with Crippen molar-refractivity contribution in [3.63, 3.8) is 0 Å². The maximum Gasteiger partial charge on any atom is 0.224 e. The summed E-state index contributed by atoms with van der Waals surface area (Å²) in [5, 5.41) is 21.5. The van der Waals surface area contributed by atoms with Gasteiger partial charge in [0.15, 0.2) is 12.7 Å². The van der Waals surface area contributed by atoms with Gasteiger partial charge in [-0.1, -0.05) is 33.7 Å². The van der Waals surface area contributed by atoms with Crippen LogP contribution in [-0.4, -0.2) is 60.5 Å². The fourth-order valence-electron chi connectivity index (χ4n) is 3.50. The summed E-state index contributed by atoms with van der Waals surface area (Å²) < 4.78 is 2.20. The number of hydrogen-bond acceptors (Lipinski definition) is 6. The van der Waals surface area contributed by atoms with Crippen LogP contribution in [0.3, 0.4) is 0 Å². The van der Waals surface area contributed by atoms with E-state index in [1.165, 1.54) is 0 Å². The summed E-state index contributed by atoms with van der Waals surface area (Å²) in [5.74, 6) is 2.17. The second kappa shape index (κ2) is 13.5. The second-order valence-electron chi connectivity index (χ2n) is 7.59. The van der Waals surface area contributed by atoms with Crippen molar-refractivity contribution in [3.05, 3.63) is 59.9 Å². The molecule has 0 radical (unpaired) electrons. The molecule has 0 aliphatic carbocycles. The molecule has 3 rings (SSSR count). The topological polar surface area (TPSA) is 76.7 Å². The van der Waals surface area contributed by atoms with Crippen LogP contribution < -0.4 is 14.8 Å². The van der Waals surface area contributed by atoms with Crippen molar-refractivity contribution in [1.29, 1.82) is 0 Å². The van der Waals surface area contributed by atoms with E-state index in [1.807, 2.05) is 41.3 Å². The molecule has 2 aromatic rings. The third-order valence-electron chi connectivity index (χ3n) is 5.29. The Morgan fingerprint density at radius 2 is 1.78 bits per heavy atom. The van der Waals surface area contributed by atoms with Crippen molar-refractivity contribution < 1.29 is 19.6 Å². The van der Waals surface area contributed by atoms with Crippen LogP contribution in [0.5, 0.6) is 0 Å². The van der Waals surface area contributed by atoms with Crippen molar-refractivity contribution in [2.24, 2.45) is 5.92 Å². The van der Waals surface area contributed by atoms with E-state index in [4.69, 9.17) is 0 Å². The van der Waals surface area contributed by atoms with E-state index in [1.54, 1.807) is 21.6 Å².